The van der Waals surface area contributed by atoms with Crippen LogP contribution in [-0.2, 0) is 9.53 Å². The van der Waals surface area contributed by atoms with Gasteiger partial charge in [-0.25, -0.2) is 4.39 Å². The van der Waals surface area contributed by atoms with E-state index in [1.807, 2.05) is 0 Å². The molecule has 0 heterocycles. The van der Waals surface area contributed by atoms with E-state index < -0.39 is 23.7 Å². The number of hydrogen-bond donors (Lipinski definition) is 1. The van der Waals surface area contributed by atoms with Crippen molar-refractivity contribution in [2.45, 2.75) is 19.4 Å². The quantitative estimate of drug-likeness (QED) is 0.783. The van der Waals surface area contributed by atoms with E-state index in [0.717, 1.165) is 0 Å². The van der Waals surface area contributed by atoms with Crippen molar-refractivity contribution in [2.24, 2.45) is 0 Å². The lowest BCUT2D eigenvalue weighted by Gasteiger charge is -2.19. The van der Waals surface area contributed by atoms with Crippen LogP contribution < -0.4 is 10.1 Å². The lowest BCUT2D eigenvalue weighted by Crippen LogP contribution is -2.31. The topological polar surface area (TPSA) is 64.6 Å². The van der Waals surface area contributed by atoms with Crippen molar-refractivity contribution in [3.63, 3.8) is 0 Å². The van der Waals surface area contributed by atoms with E-state index in [1.165, 1.54) is 18.2 Å². The molecular weight excluding hydrogens is 325 g/mol. The first-order valence-electron chi connectivity index (χ1n) is 7.90. The summed E-state index contributed by atoms with van der Waals surface area (Å²) in [4.78, 5) is 24.2. The first-order valence-corrected chi connectivity index (χ1v) is 7.90. The lowest BCUT2D eigenvalue weighted by molar-refractivity contribution is -0.143. The molecule has 0 aliphatic rings. The van der Waals surface area contributed by atoms with E-state index >= 15 is 0 Å². The van der Waals surface area contributed by atoms with Crippen LogP contribution in [0.2, 0.25) is 0 Å². The predicted octanol–water partition coefficient (Wildman–Crippen LogP) is 3.26. The summed E-state index contributed by atoms with van der Waals surface area (Å²) < 4.78 is 23.9. The Morgan fingerprint density at radius 3 is 2.40 bits per heavy atom. The standard InChI is InChI=1S/C19H20FNO4/c1-3-25-18(22)12-17(13-8-10-14(24-2)11-9-13)21-19(23)15-6-4-5-7-16(15)20/h4-11,17H,3,12H2,1-2H3,(H,21,23). The van der Waals surface area contributed by atoms with Crippen LogP contribution in [0.3, 0.4) is 0 Å². The largest absolute Gasteiger partial charge is 0.497 e. The van der Waals surface area contributed by atoms with Crippen LogP contribution in [0.25, 0.3) is 0 Å². The molecule has 2 rings (SSSR count). The first kappa shape index (κ1) is 18.4. The maximum atomic E-state index is 13.8. The molecule has 1 amide bonds. The van der Waals surface area contributed by atoms with Gasteiger partial charge in [0, 0.05) is 0 Å². The molecule has 0 bridgehead atoms. The van der Waals surface area contributed by atoms with Crippen molar-refractivity contribution in [1.29, 1.82) is 0 Å². The normalized spacial score (nSPS) is 11.5. The number of hydrogen-bond acceptors (Lipinski definition) is 4. The van der Waals surface area contributed by atoms with Crippen molar-refractivity contribution < 1.29 is 23.5 Å². The summed E-state index contributed by atoms with van der Waals surface area (Å²) in [5, 5.41) is 2.70. The highest BCUT2D eigenvalue weighted by Gasteiger charge is 2.21. The van der Waals surface area contributed by atoms with Crippen LogP contribution in [0.1, 0.15) is 35.3 Å². The molecule has 132 valence electrons. The fourth-order valence-corrected chi connectivity index (χ4v) is 2.36. The van der Waals surface area contributed by atoms with Crippen molar-refractivity contribution in [1.82, 2.24) is 5.32 Å². The molecule has 2 aromatic carbocycles. The van der Waals surface area contributed by atoms with Crippen molar-refractivity contribution in [3.05, 3.63) is 65.5 Å². The summed E-state index contributed by atoms with van der Waals surface area (Å²) in [7, 11) is 1.55. The molecule has 25 heavy (non-hydrogen) atoms. The third-order valence-corrected chi connectivity index (χ3v) is 3.62. The van der Waals surface area contributed by atoms with Crippen LogP contribution >= 0.6 is 0 Å². The molecule has 1 N–H and O–H groups in total. The number of rotatable bonds is 7. The van der Waals surface area contributed by atoms with Gasteiger partial charge >= 0.3 is 5.97 Å². The second kappa shape index (κ2) is 8.82. The summed E-state index contributed by atoms with van der Waals surface area (Å²) in [6.07, 6.45) is -0.0552. The van der Waals surface area contributed by atoms with E-state index in [1.54, 1.807) is 44.4 Å². The predicted molar refractivity (Wildman–Crippen MR) is 90.9 cm³/mol. The molecule has 0 aliphatic carbocycles. The van der Waals surface area contributed by atoms with Crippen LogP contribution in [0.15, 0.2) is 48.5 Å². The first-order chi connectivity index (χ1) is 12.0. The SMILES string of the molecule is CCOC(=O)CC(NC(=O)c1ccccc1F)c1ccc(OC)cc1. The Morgan fingerprint density at radius 1 is 1.12 bits per heavy atom. The number of benzene rings is 2. The highest BCUT2D eigenvalue weighted by atomic mass is 19.1. The summed E-state index contributed by atoms with van der Waals surface area (Å²) in [5.74, 6) is -1.01. The van der Waals surface area contributed by atoms with Crippen molar-refractivity contribution >= 4 is 11.9 Å². The zero-order valence-electron chi connectivity index (χ0n) is 14.1. The van der Waals surface area contributed by atoms with Gasteiger partial charge < -0.3 is 14.8 Å². The summed E-state index contributed by atoms with van der Waals surface area (Å²) >= 11 is 0. The smallest absolute Gasteiger partial charge is 0.308 e. The Balaban J connectivity index is 2.22. The van der Waals surface area contributed by atoms with E-state index in [0.29, 0.717) is 11.3 Å². The molecule has 0 aromatic heterocycles. The van der Waals surface area contributed by atoms with Crippen LogP contribution in [0, 0.1) is 5.82 Å². The second-order valence-corrected chi connectivity index (χ2v) is 5.29. The third kappa shape index (κ3) is 5.04. The number of esters is 1. The lowest BCUT2D eigenvalue weighted by atomic mass is 10.0. The molecule has 1 atom stereocenters. The molecule has 6 heteroatoms. The number of methoxy groups -OCH3 is 1. The Kier molecular flexibility index (Phi) is 6.51. The van der Waals surface area contributed by atoms with Crippen LogP contribution in [0.5, 0.6) is 5.75 Å². The fourth-order valence-electron chi connectivity index (χ4n) is 2.36. The maximum Gasteiger partial charge on any atom is 0.308 e. The van der Waals surface area contributed by atoms with Gasteiger partial charge in [0.15, 0.2) is 0 Å². The van der Waals surface area contributed by atoms with Crippen molar-refractivity contribution in [2.75, 3.05) is 13.7 Å². The van der Waals surface area contributed by atoms with Crippen LogP contribution in [-0.4, -0.2) is 25.6 Å². The molecule has 0 fully saturated rings. The van der Waals surface area contributed by atoms with Gasteiger partial charge in [-0.3, -0.25) is 9.59 Å². The average molecular weight is 345 g/mol. The van der Waals surface area contributed by atoms with Gasteiger partial charge in [-0.1, -0.05) is 24.3 Å². The number of carbonyl (C=O) groups is 2. The number of halogens is 1. The fraction of sp³-hybridized carbons (Fsp3) is 0.263. The highest BCUT2D eigenvalue weighted by Crippen LogP contribution is 2.22. The molecular formula is C19H20FNO4. The minimum atomic E-state index is -0.642. The number of amides is 1. The summed E-state index contributed by atoms with van der Waals surface area (Å²) in [5.41, 5.74) is 0.614. The Hall–Kier alpha value is -2.89. The molecule has 5 nitrogen and oxygen atoms in total. The zero-order valence-corrected chi connectivity index (χ0v) is 14.1. The number of nitrogens with one attached hydrogen (secondary N) is 1. The van der Waals surface area contributed by atoms with E-state index in [4.69, 9.17) is 9.47 Å². The second-order valence-electron chi connectivity index (χ2n) is 5.29. The van der Waals surface area contributed by atoms with Gasteiger partial charge in [-0.05, 0) is 36.8 Å². The van der Waals surface area contributed by atoms with Gasteiger partial charge in [0.25, 0.3) is 5.91 Å². The van der Waals surface area contributed by atoms with Gasteiger partial charge in [0.05, 0.1) is 31.7 Å². The Labute approximate surface area is 145 Å². The van der Waals surface area contributed by atoms with E-state index in [9.17, 15) is 14.0 Å². The Bertz CT molecular complexity index is 730. The third-order valence-electron chi connectivity index (χ3n) is 3.62. The molecule has 0 radical (unpaired) electrons. The summed E-state index contributed by atoms with van der Waals surface area (Å²) in [6, 6.07) is 12.0. The van der Waals surface area contributed by atoms with Gasteiger partial charge in [-0.2, -0.15) is 0 Å². The Morgan fingerprint density at radius 2 is 1.80 bits per heavy atom. The zero-order chi connectivity index (χ0) is 18.2. The minimum absolute atomic E-state index is 0.0552. The maximum absolute atomic E-state index is 13.8. The number of ether oxygens (including phenoxy) is 2. The monoisotopic (exact) mass is 345 g/mol. The van der Waals surface area contributed by atoms with Gasteiger partial charge in [0.2, 0.25) is 0 Å². The minimum Gasteiger partial charge on any atom is -0.497 e. The number of carbonyl (C=O) groups excluding carboxylic acids is 2. The van der Waals surface area contributed by atoms with E-state index in [2.05, 4.69) is 5.32 Å². The van der Waals surface area contributed by atoms with Gasteiger partial charge in [0.1, 0.15) is 11.6 Å². The molecule has 0 saturated heterocycles. The van der Waals surface area contributed by atoms with E-state index in [-0.39, 0.29) is 18.6 Å². The molecule has 0 aliphatic heterocycles. The molecule has 1 unspecified atom stereocenters. The van der Waals surface area contributed by atoms with Crippen LogP contribution in [0.4, 0.5) is 4.39 Å². The molecule has 2 aromatic rings. The van der Waals surface area contributed by atoms with Crippen molar-refractivity contribution in [3.8, 4) is 5.75 Å². The highest BCUT2D eigenvalue weighted by molar-refractivity contribution is 5.95. The summed E-state index contributed by atoms with van der Waals surface area (Å²) in [6.45, 7) is 1.95. The molecule has 0 spiro atoms. The molecule has 0 saturated carbocycles. The van der Waals surface area contributed by atoms with Gasteiger partial charge in [-0.15, -0.1) is 0 Å². The average Bonchev–Trinajstić information content (AvgIpc) is 2.61.